The summed E-state index contributed by atoms with van der Waals surface area (Å²) in [6, 6.07) is 18.7. The highest BCUT2D eigenvalue weighted by molar-refractivity contribution is 6.31. The van der Waals surface area contributed by atoms with E-state index in [1.165, 1.54) is 24.0 Å². The second-order valence-electron chi connectivity index (χ2n) is 6.58. The van der Waals surface area contributed by atoms with Gasteiger partial charge in [-0.25, -0.2) is 9.97 Å². The van der Waals surface area contributed by atoms with Gasteiger partial charge in [-0.1, -0.05) is 60.1 Å². The first kappa shape index (κ1) is 16.1. The fourth-order valence-corrected chi connectivity index (χ4v) is 3.10. The number of hydrogen-bond acceptors (Lipinski definition) is 3. The van der Waals surface area contributed by atoms with Crippen molar-refractivity contribution >= 4 is 23.2 Å². The first-order valence-electron chi connectivity index (χ1n) is 8.68. The van der Waals surface area contributed by atoms with Crippen LogP contribution in [-0.4, -0.2) is 9.97 Å². The van der Waals surface area contributed by atoms with Crippen LogP contribution in [-0.2, 0) is 12.8 Å². The maximum Gasteiger partial charge on any atom is 0.227 e. The van der Waals surface area contributed by atoms with E-state index in [-0.39, 0.29) is 0 Å². The Morgan fingerprint density at radius 3 is 2.56 bits per heavy atom. The van der Waals surface area contributed by atoms with Crippen molar-refractivity contribution in [1.82, 2.24) is 9.97 Å². The summed E-state index contributed by atoms with van der Waals surface area (Å²) in [5.41, 5.74) is 4.48. The molecule has 0 saturated heterocycles. The third-order valence-electron chi connectivity index (χ3n) is 4.50. The SMILES string of the molecule is Clc1cnc(Nc2ccccc2Cc2ccccc2)nc1CC1CC1. The highest BCUT2D eigenvalue weighted by Crippen LogP contribution is 2.34. The number of halogens is 1. The predicted molar refractivity (Wildman–Crippen MR) is 102 cm³/mol. The average Bonchev–Trinajstić information content (AvgIpc) is 3.45. The number of nitrogens with zero attached hydrogens (tertiary/aromatic N) is 2. The molecule has 1 N–H and O–H groups in total. The number of para-hydroxylation sites is 1. The Kier molecular flexibility index (Phi) is 4.66. The van der Waals surface area contributed by atoms with Crippen LogP contribution in [0.5, 0.6) is 0 Å². The third kappa shape index (κ3) is 4.18. The highest BCUT2D eigenvalue weighted by atomic mass is 35.5. The van der Waals surface area contributed by atoms with E-state index in [1.54, 1.807) is 6.20 Å². The van der Waals surface area contributed by atoms with Crippen LogP contribution in [0.3, 0.4) is 0 Å². The van der Waals surface area contributed by atoms with Crippen LogP contribution in [0.4, 0.5) is 11.6 Å². The maximum atomic E-state index is 6.26. The van der Waals surface area contributed by atoms with E-state index in [0.29, 0.717) is 11.0 Å². The molecule has 3 nitrogen and oxygen atoms in total. The lowest BCUT2D eigenvalue weighted by atomic mass is 10.0. The molecule has 0 amide bonds. The van der Waals surface area contributed by atoms with Gasteiger partial charge in [-0.2, -0.15) is 0 Å². The van der Waals surface area contributed by atoms with Gasteiger partial charge >= 0.3 is 0 Å². The molecule has 1 heterocycles. The van der Waals surface area contributed by atoms with Gasteiger partial charge < -0.3 is 5.32 Å². The summed E-state index contributed by atoms with van der Waals surface area (Å²) in [7, 11) is 0. The Morgan fingerprint density at radius 1 is 1.00 bits per heavy atom. The second-order valence-corrected chi connectivity index (χ2v) is 6.99. The molecule has 25 heavy (non-hydrogen) atoms. The van der Waals surface area contributed by atoms with Gasteiger partial charge in [0.1, 0.15) is 0 Å². The van der Waals surface area contributed by atoms with Crippen LogP contribution >= 0.6 is 11.6 Å². The highest BCUT2D eigenvalue weighted by Gasteiger charge is 2.23. The fourth-order valence-electron chi connectivity index (χ4n) is 2.93. The summed E-state index contributed by atoms with van der Waals surface area (Å²) >= 11 is 6.26. The van der Waals surface area contributed by atoms with Crippen molar-refractivity contribution in [1.29, 1.82) is 0 Å². The Labute approximate surface area is 153 Å². The van der Waals surface area contributed by atoms with Crippen LogP contribution in [0.2, 0.25) is 5.02 Å². The molecular formula is C21H20ClN3. The largest absolute Gasteiger partial charge is 0.324 e. The van der Waals surface area contributed by atoms with Crippen LogP contribution in [0.15, 0.2) is 60.8 Å². The van der Waals surface area contributed by atoms with Crippen molar-refractivity contribution < 1.29 is 0 Å². The monoisotopic (exact) mass is 349 g/mol. The van der Waals surface area contributed by atoms with Gasteiger partial charge in [0.15, 0.2) is 0 Å². The van der Waals surface area contributed by atoms with Gasteiger partial charge in [0, 0.05) is 5.69 Å². The molecule has 1 aliphatic rings. The lowest BCUT2D eigenvalue weighted by Crippen LogP contribution is -2.04. The summed E-state index contributed by atoms with van der Waals surface area (Å²) in [5.74, 6) is 1.35. The van der Waals surface area contributed by atoms with Crippen LogP contribution in [0, 0.1) is 5.92 Å². The quantitative estimate of drug-likeness (QED) is 0.646. The third-order valence-corrected chi connectivity index (χ3v) is 4.81. The molecule has 0 spiro atoms. The van der Waals surface area contributed by atoms with Gasteiger partial charge in [0.05, 0.1) is 16.9 Å². The first-order valence-corrected chi connectivity index (χ1v) is 9.06. The van der Waals surface area contributed by atoms with Crippen LogP contribution < -0.4 is 5.32 Å². The molecule has 1 saturated carbocycles. The average molecular weight is 350 g/mol. The molecule has 0 bridgehead atoms. The van der Waals surface area contributed by atoms with E-state index in [9.17, 15) is 0 Å². The minimum Gasteiger partial charge on any atom is -0.324 e. The zero-order chi connectivity index (χ0) is 17.1. The summed E-state index contributed by atoms with van der Waals surface area (Å²) in [6.07, 6.45) is 6.08. The molecule has 126 valence electrons. The van der Waals surface area contributed by atoms with Gasteiger partial charge in [-0.05, 0) is 48.8 Å². The Morgan fingerprint density at radius 2 is 1.76 bits per heavy atom. The number of nitrogens with one attached hydrogen (secondary N) is 1. The topological polar surface area (TPSA) is 37.8 Å². The van der Waals surface area contributed by atoms with Crippen molar-refractivity contribution in [3.63, 3.8) is 0 Å². The second kappa shape index (κ2) is 7.24. The van der Waals surface area contributed by atoms with Gasteiger partial charge in [0.25, 0.3) is 0 Å². The molecule has 1 aliphatic carbocycles. The molecule has 4 rings (SSSR count). The number of rotatable bonds is 6. The summed E-state index contributed by atoms with van der Waals surface area (Å²) in [5, 5.41) is 4.04. The predicted octanol–water partition coefficient (Wildman–Crippen LogP) is 5.42. The molecule has 0 atom stereocenters. The zero-order valence-corrected chi connectivity index (χ0v) is 14.7. The number of anilines is 2. The molecule has 1 aromatic heterocycles. The van der Waals surface area contributed by atoms with Crippen molar-refractivity contribution in [2.24, 2.45) is 5.92 Å². The Balaban J connectivity index is 1.56. The zero-order valence-electron chi connectivity index (χ0n) is 14.0. The molecule has 0 aliphatic heterocycles. The lowest BCUT2D eigenvalue weighted by Gasteiger charge is -2.12. The smallest absolute Gasteiger partial charge is 0.227 e. The van der Waals surface area contributed by atoms with E-state index in [2.05, 4.69) is 57.7 Å². The molecule has 4 heteroatoms. The lowest BCUT2D eigenvalue weighted by molar-refractivity contribution is 0.801. The molecular weight excluding hydrogens is 330 g/mol. The van der Waals surface area contributed by atoms with Crippen molar-refractivity contribution in [2.75, 3.05) is 5.32 Å². The Bertz CT molecular complexity index is 860. The summed E-state index contributed by atoms with van der Waals surface area (Å²) in [6.45, 7) is 0. The van der Waals surface area contributed by atoms with E-state index in [4.69, 9.17) is 11.6 Å². The van der Waals surface area contributed by atoms with Gasteiger partial charge in [-0.15, -0.1) is 0 Å². The van der Waals surface area contributed by atoms with Crippen LogP contribution in [0.25, 0.3) is 0 Å². The number of aromatic nitrogens is 2. The van der Waals surface area contributed by atoms with E-state index >= 15 is 0 Å². The minimum absolute atomic E-state index is 0.612. The van der Waals surface area contributed by atoms with E-state index in [1.807, 2.05) is 12.1 Å². The standard InChI is InChI=1S/C21H20ClN3/c22-18-14-23-21(25-20(18)13-16-10-11-16)24-19-9-5-4-8-17(19)12-15-6-2-1-3-7-15/h1-9,14,16H,10-13H2,(H,23,24,25). The molecule has 0 unspecified atom stereocenters. The molecule has 3 aromatic rings. The van der Waals surface area contributed by atoms with E-state index in [0.717, 1.165) is 30.1 Å². The Hall–Kier alpha value is -2.39. The molecule has 2 aromatic carbocycles. The molecule has 1 fully saturated rings. The van der Waals surface area contributed by atoms with Gasteiger partial charge in [0.2, 0.25) is 5.95 Å². The normalized spacial score (nSPS) is 13.6. The maximum absolute atomic E-state index is 6.26. The van der Waals surface area contributed by atoms with E-state index < -0.39 is 0 Å². The van der Waals surface area contributed by atoms with Crippen molar-refractivity contribution in [3.05, 3.63) is 82.6 Å². The minimum atomic E-state index is 0.612. The van der Waals surface area contributed by atoms with Crippen LogP contribution in [0.1, 0.15) is 29.7 Å². The number of benzene rings is 2. The summed E-state index contributed by atoms with van der Waals surface area (Å²) in [4.78, 5) is 9.00. The van der Waals surface area contributed by atoms with Crippen molar-refractivity contribution in [2.45, 2.75) is 25.7 Å². The molecule has 0 radical (unpaired) electrons. The summed E-state index contributed by atoms with van der Waals surface area (Å²) < 4.78 is 0. The number of hydrogen-bond donors (Lipinski definition) is 1. The first-order chi connectivity index (χ1) is 12.3. The fraction of sp³-hybridized carbons (Fsp3) is 0.238. The van der Waals surface area contributed by atoms with Gasteiger partial charge in [-0.3, -0.25) is 0 Å². The van der Waals surface area contributed by atoms with Crippen molar-refractivity contribution in [3.8, 4) is 0 Å².